The Bertz CT molecular complexity index is 364. The first-order valence-corrected chi connectivity index (χ1v) is 6.66. The zero-order chi connectivity index (χ0) is 12.2. The molecule has 0 aromatic heterocycles. The van der Waals surface area contributed by atoms with Crippen LogP contribution >= 0.6 is 7.82 Å². The second-order valence-corrected chi connectivity index (χ2v) is 5.26. The van der Waals surface area contributed by atoms with Crippen molar-refractivity contribution in [1.82, 2.24) is 0 Å². The first-order valence-electron chi connectivity index (χ1n) is 5.16. The van der Waals surface area contributed by atoms with E-state index in [-0.39, 0.29) is 12.0 Å². The lowest BCUT2D eigenvalue weighted by Crippen LogP contribution is -2.15. The van der Waals surface area contributed by atoms with Crippen molar-refractivity contribution in [2.24, 2.45) is 5.92 Å². The monoisotopic (exact) mass is 244 g/mol. The molecule has 1 aromatic rings. The van der Waals surface area contributed by atoms with Gasteiger partial charge in [0.05, 0.1) is 6.10 Å². The number of para-hydroxylation sites is 1. The average molecular weight is 244 g/mol. The van der Waals surface area contributed by atoms with Crippen molar-refractivity contribution in [3.8, 4) is 5.75 Å². The van der Waals surface area contributed by atoms with Crippen LogP contribution in [0.4, 0.5) is 0 Å². The molecule has 0 aliphatic rings. The van der Waals surface area contributed by atoms with Gasteiger partial charge in [-0.1, -0.05) is 32.0 Å². The summed E-state index contributed by atoms with van der Waals surface area (Å²) < 4.78 is 21.5. The Labute approximate surface area is 95.8 Å². The van der Waals surface area contributed by atoms with Crippen molar-refractivity contribution < 1.29 is 18.5 Å². The van der Waals surface area contributed by atoms with Crippen LogP contribution in [-0.2, 0) is 9.09 Å². The van der Waals surface area contributed by atoms with E-state index in [0.29, 0.717) is 5.75 Å². The predicted octanol–water partition coefficient (Wildman–Crippen LogP) is 3.23. The lowest BCUT2D eigenvalue weighted by atomic mass is 10.1. The third-order valence-corrected chi connectivity index (χ3v) is 3.24. The highest BCUT2D eigenvalue weighted by Gasteiger charge is 2.27. The minimum absolute atomic E-state index is 0.153. The van der Waals surface area contributed by atoms with Gasteiger partial charge in [-0.25, -0.2) is 4.57 Å². The van der Waals surface area contributed by atoms with E-state index in [1.54, 1.807) is 37.3 Å². The smallest absolute Gasteiger partial charge is 0.404 e. The van der Waals surface area contributed by atoms with Crippen LogP contribution in [0.1, 0.15) is 20.8 Å². The van der Waals surface area contributed by atoms with Gasteiger partial charge < -0.3 is 4.52 Å². The second kappa shape index (κ2) is 5.48. The summed E-state index contributed by atoms with van der Waals surface area (Å²) in [5.41, 5.74) is 0. The molecule has 16 heavy (non-hydrogen) atoms. The van der Waals surface area contributed by atoms with Crippen molar-refractivity contribution in [3.63, 3.8) is 0 Å². The van der Waals surface area contributed by atoms with Crippen molar-refractivity contribution in [2.45, 2.75) is 26.9 Å². The van der Waals surface area contributed by atoms with Gasteiger partial charge in [0.25, 0.3) is 0 Å². The van der Waals surface area contributed by atoms with Gasteiger partial charge in [-0.15, -0.1) is 0 Å². The van der Waals surface area contributed by atoms with Crippen LogP contribution in [0.2, 0.25) is 0 Å². The maximum atomic E-state index is 11.6. The van der Waals surface area contributed by atoms with Crippen molar-refractivity contribution in [3.05, 3.63) is 30.3 Å². The third kappa shape index (κ3) is 4.35. The molecule has 1 rings (SSSR count). The second-order valence-electron chi connectivity index (χ2n) is 3.93. The molecule has 0 heterocycles. The first-order chi connectivity index (χ1) is 7.41. The molecule has 0 bridgehead atoms. The van der Waals surface area contributed by atoms with Gasteiger partial charge in [-0.3, -0.25) is 9.42 Å². The zero-order valence-electron chi connectivity index (χ0n) is 9.66. The Morgan fingerprint density at radius 3 is 2.25 bits per heavy atom. The SMILES string of the molecule is CC(C)C(C)OP(=O)(O)Oc1ccccc1. The van der Waals surface area contributed by atoms with E-state index in [2.05, 4.69) is 0 Å². The normalized spacial score (nSPS) is 16.8. The molecule has 0 aliphatic heterocycles. The molecular formula is C11H17O4P. The molecule has 0 fully saturated rings. The number of phosphoric ester groups is 1. The van der Waals surface area contributed by atoms with Gasteiger partial charge in [-0.05, 0) is 25.0 Å². The van der Waals surface area contributed by atoms with E-state index >= 15 is 0 Å². The van der Waals surface area contributed by atoms with Gasteiger partial charge in [0.2, 0.25) is 0 Å². The topological polar surface area (TPSA) is 55.8 Å². The Balaban J connectivity index is 2.62. The summed E-state index contributed by atoms with van der Waals surface area (Å²) in [6, 6.07) is 8.45. The van der Waals surface area contributed by atoms with Crippen LogP contribution < -0.4 is 4.52 Å². The summed E-state index contributed by atoms with van der Waals surface area (Å²) in [5.74, 6) is 0.476. The molecule has 2 atom stereocenters. The molecule has 1 aromatic carbocycles. The van der Waals surface area contributed by atoms with E-state index in [1.807, 2.05) is 13.8 Å². The summed E-state index contributed by atoms with van der Waals surface area (Å²) in [5, 5.41) is 0. The molecule has 4 nitrogen and oxygen atoms in total. The molecule has 0 amide bonds. The largest absolute Gasteiger partial charge is 0.527 e. The molecule has 5 heteroatoms. The van der Waals surface area contributed by atoms with Gasteiger partial charge in [-0.2, -0.15) is 0 Å². The predicted molar refractivity (Wildman–Crippen MR) is 62.3 cm³/mol. The van der Waals surface area contributed by atoms with E-state index in [1.165, 1.54) is 0 Å². The molecule has 0 aliphatic carbocycles. The average Bonchev–Trinajstić information content (AvgIpc) is 2.17. The van der Waals surface area contributed by atoms with Crippen molar-refractivity contribution in [2.75, 3.05) is 0 Å². The van der Waals surface area contributed by atoms with Crippen LogP contribution in [0, 0.1) is 5.92 Å². The Morgan fingerprint density at radius 2 is 1.75 bits per heavy atom. The lowest BCUT2D eigenvalue weighted by molar-refractivity contribution is 0.117. The van der Waals surface area contributed by atoms with Gasteiger partial charge in [0.1, 0.15) is 5.75 Å². The standard InChI is InChI=1S/C11H17O4P/c1-9(2)10(3)14-16(12,13)15-11-7-5-4-6-8-11/h4-10H,1-3H3,(H,12,13). The summed E-state index contributed by atoms with van der Waals surface area (Å²) in [6.45, 7) is 5.56. The molecule has 90 valence electrons. The Hall–Kier alpha value is -0.830. The Kier molecular flexibility index (Phi) is 4.54. The van der Waals surface area contributed by atoms with Gasteiger partial charge >= 0.3 is 7.82 Å². The molecule has 0 radical (unpaired) electrons. The molecule has 1 N–H and O–H groups in total. The van der Waals surface area contributed by atoms with E-state index in [0.717, 1.165) is 0 Å². The highest BCUT2D eigenvalue weighted by Crippen LogP contribution is 2.45. The van der Waals surface area contributed by atoms with Gasteiger partial charge in [0, 0.05) is 0 Å². The molecule has 0 saturated carbocycles. The summed E-state index contributed by atoms with van der Waals surface area (Å²) in [6.07, 6.45) is -0.334. The fraction of sp³-hybridized carbons (Fsp3) is 0.455. The maximum absolute atomic E-state index is 11.6. The van der Waals surface area contributed by atoms with E-state index < -0.39 is 7.82 Å². The summed E-state index contributed by atoms with van der Waals surface area (Å²) >= 11 is 0. The minimum atomic E-state index is -4.02. The van der Waals surface area contributed by atoms with Gasteiger partial charge in [0.15, 0.2) is 0 Å². The minimum Gasteiger partial charge on any atom is -0.404 e. The fourth-order valence-corrected chi connectivity index (χ4v) is 2.06. The molecule has 0 saturated heterocycles. The van der Waals surface area contributed by atoms with E-state index in [9.17, 15) is 9.46 Å². The summed E-state index contributed by atoms with van der Waals surface area (Å²) in [4.78, 5) is 9.50. The molecule has 0 spiro atoms. The van der Waals surface area contributed by atoms with Crippen molar-refractivity contribution >= 4 is 7.82 Å². The highest BCUT2D eigenvalue weighted by atomic mass is 31.2. The van der Waals surface area contributed by atoms with Crippen LogP contribution in [0.15, 0.2) is 30.3 Å². The number of rotatable bonds is 5. The van der Waals surface area contributed by atoms with Crippen LogP contribution in [-0.4, -0.2) is 11.0 Å². The molecule has 2 unspecified atom stereocenters. The fourth-order valence-electron chi connectivity index (χ4n) is 0.968. The number of hydrogen-bond donors (Lipinski definition) is 1. The summed E-state index contributed by atoms with van der Waals surface area (Å²) in [7, 11) is -4.02. The maximum Gasteiger partial charge on any atom is 0.527 e. The van der Waals surface area contributed by atoms with Crippen molar-refractivity contribution in [1.29, 1.82) is 0 Å². The quantitative estimate of drug-likeness (QED) is 0.808. The molecular weight excluding hydrogens is 227 g/mol. The van der Waals surface area contributed by atoms with Crippen LogP contribution in [0.3, 0.4) is 0 Å². The third-order valence-electron chi connectivity index (χ3n) is 2.20. The first kappa shape index (κ1) is 13.2. The number of phosphoric acid groups is 1. The zero-order valence-corrected chi connectivity index (χ0v) is 10.6. The van der Waals surface area contributed by atoms with Crippen LogP contribution in [0.25, 0.3) is 0 Å². The lowest BCUT2D eigenvalue weighted by Gasteiger charge is -2.20. The van der Waals surface area contributed by atoms with Crippen LogP contribution in [0.5, 0.6) is 5.75 Å². The number of hydrogen-bond acceptors (Lipinski definition) is 3. The highest BCUT2D eigenvalue weighted by molar-refractivity contribution is 7.47. The number of benzene rings is 1. The Morgan fingerprint density at radius 1 is 1.19 bits per heavy atom. The van der Waals surface area contributed by atoms with E-state index in [4.69, 9.17) is 9.05 Å².